The first-order chi connectivity index (χ1) is 8.52. The zero-order valence-electron chi connectivity index (χ0n) is 12.0. The Balaban J connectivity index is 0.00000324. The van der Waals surface area contributed by atoms with Gasteiger partial charge in [-0.2, -0.15) is 0 Å². The normalized spacial score (nSPS) is 21.9. The average Bonchev–Trinajstić information content (AvgIpc) is 2.83. The summed E-state index contributed by atoms with van der Waals surface area (Å²) in [5, 5.41) is 8.97. The van der Waals surface area contributed by atoms with E-state index in [1.807, 2.05) is 20.8 Å². The smallest absolute Gasteiger partial charge is 0.240 e. The summed E-state index contributed by atoms with van der Waals surface area (Å²) in [7, 11) is 0. The van der Waals surface area contributed by atoms with Crippen LogP contribution in [0.25, 0.3) is 0 Å². The molecule has 6 heteroatoms. The van der Waals surface area contributed by atoms with Gasteiger partial charge in [-0.05, 0) is 25.8 Å². The Morgan fingerprint density at radius 3 is 2.37 bits per heavy atom. The average molecular weight is 292 g/mol. The third-order valence-electron chi connectivity index (χ3n) is 3.52. The van der Waals surface area contributed by atoms with Crippen molar-refractivity contribution in [3.05, 3.63) is 0 Å². The number of carbonyl (C=O) groups excluding carboxylic acids is 2. The van der Waals surface area contributed by atoms with Crippen molar-refractivity contribution in [3.63, 3.8) is 0 Å². The summed E-state index contributed by atoms with van der Waals surface area (Å²) in [6, 6.07) is 0. The van der Waals surface area contributed by atoms with Gasteiger partial charge in [0.25, 0.3) is 0 Å². The fourth-order valence-electron chi connectivity index (χ4n) is 2.20. The number of amides is 2. The van der Waals surface area contributed by atoms with Crippen LogP contribution in [-0.2, 0) is 9.59 Å². The molecular formula is C13H26ClN3O2. The maximum Gasteiger partial charge on any atom is 0.240 e. The predicted octanol–water partition coefficient (Wildman–Crippen LogP) is 0.829. The molecule has 19 heavy (non-hydrogen) atoms. The minimum Gasteiger partial charge on any atom is -0.354 e. The molecule has 0 aromatic heterocycles. The van der Waals surface area contributed by atoms with Crippen LogP contribution in [0.4, 0.5) is 0 Å². The molecule has 0 radical (unpaired) electrons. The van der Waals surface area contributed by atoms with E-state index in [4.69, 9.17) is 0 Å². The number of hydrogen-bond donors (Lipinski definition) is 3. The molecule has 0 spiro atoms. The molecule has 0 saturated carbocycles. The molecule has 0 aromatic carbocycles. The number of hydrogen-bond acceptors (Lipinski definition) is 3. The quantitative estimate of drug-likeness (QED) is 0.635. The van der Waals surface area contributed by atoms with Gasteiger partial charge in [-0.25, -0.2) is 0 Å². The molecule has 1 heterocycles. The van der Waals surface area contributed by atoms with Crippen LogP contribution >= 0.6 is 12.4 Å². The van der Waals surface area contributed by atoms with Crippen LogP contribution in [0.1, 0.15) is 40.0 Å². The molecule has 1 fully saturated rings. The van der Waals surface area contributed by atoms with E-state index in [1.165, 1.54) is 0 Å². The topological polar surface area (TPSA) is 70.2 Å². The van der Waals surface area contributed by atoms with E-state index < -0.39 is 0 Å². The molecule has 1 atom stereocenters. The minimum atomic E-state index is -0.387. The molecular weight excluding hydrogens is 266 g/mol. The lowest BCUT2D eigenvalue weighted by Gasteiger charge is -2.26. The number of nitrogens with one attached hydrogen (secondary N) is 3. The molecule has 5 nitrogen and oxygen atoms in total. The van der Waals surface area contributed by atoms with E-state index in [9.17, 15) is 9.59 Å². The Hall–Kier alpha value is -0.810. The zero-order chi connectivity index (χ0) is 13.6. The summed E-state index contributed by atoms with van der Waals surface area (Å²) in [6.45, 7) is 7.61. The lowest BCUT2D eigenvalue weighted by molar-refractivity contribution is -0.128. The van der Waals surface area contributed by atoms with E-state index in [-0.39, 0.29) is 35.7 Å². The second-order valence-corrected chi connectivity index (χ2v) is 5.17. The van der Waals surface area contributed by atoms with E-state index >= 15 is 0 Å². The number of rotatable bonds is 6. The molecule has 0 bridgehead atoms. The first-order valence-electron chi connectivity index (χ1n) is 6.83. The minimum absolute atomic E-state index is 0. The molecule has 0 aliphatic carbocycles. The molecule has 1 rings (SSSR count). The molecule has 1 aliphatic rings. The van der Waals surface area contributed by atoms with Gasteiger partial charge in [0.05, 0.1) is 5.54 Å². The molecule has 0 aromatic rings. The van der Waals surface area contributed by atoms with Crippen LogP contribution in [-0.4, -0.2) is 37.0 Å². The van der Waals surface area contributed by atoms with Crippen molar-refractivity contribution in [1.29, 1.82) is 0 Å². The highest BCUT2D eigenvalue weighted by molar-refractivity contribution is 5.86. The first kappa shape index (κ1) is 18.2. The summed E-state index contributed by atoms with van der Waals surface area (Å²) in [5.41, 5.74) is -0.387. The molecule has 2 amide bonds. The summed E-state index contributed by atoms with van der Waals surface area (Å²) < 4.78 is 0. The van der Waals surface area contributed by atoms with Gasteiger partial charge in [0.2, 0.25) is 11.8 Å². The Morgan fingerprint density at radius 2 is 1.89 bits per heavy atom. The second-order valence-electron chi connectivity index (χ2n) is 5.17. The van der Waals surface area contributed by atoms with Crippen LogP contribution in [0, 0.1) is 5.92 Å². The maximum atomic E-state index is 12.1. The van der Waals surface area contributed by atoms with Crippen LogP contribution in [0.2, 0.25) is 0 Å². The highest BCUT2D eigenvalue weighted by atomic mass is 35.5. The van der Waals surface area contributed by atoms with Crippen LogP contribution < -0.4 is 16.0 Å². The lowest BCUT2D eigenvalue weighted by atomic mass is 9.93. The van der Waals surface area contributed by atoms with E-state index in [0.29, 0.717) is 13.1 Å². The van der Waals surface area contributed by atoms with Crippen molar-refractivity contribution in [2.75, 3.05) is 19.6 Å². The Labute approximate surface area is 121 Å². The fraction of sp³-hybridized carbons (Fsp3) is 0.846. The standard InChI is InChI=1S/C13H25N3O2.ClH/c1-4-13(6-5-7-16-13)12(18)15-9-8-14-11(17)10(2)3;/h10,16H,4-9H2,1-3H3,(H,14,17)(H,15,18);1H. The summed E-state index contributed by atoms with van der Waals surface area (Å²) >= 11 is 0. The predicted molar refractivity (Wildman–Crippen MR) is 78.4 cm³/mol. The zero-order valence-corrected chi connectivity index (χ0v) is 12.9. The fourth-order valence-corrected chi connectivity index (χ4v) is 2.20. The van der Waals surface area contributed by atoms with Gasteiger partial charge in [0.15, 0.2) is 0 Å². The largest absolute Gasteiger partial charge is 0.354 e. The summed E-state index contributed by atoms with van der Waals surface area (Å²) in [6.07, 6.45) is 2.75. The molecule has 1 saturated heterocycles. The molecule has 3 N–H and O–H groups in total. The monoisotopic (exact) mass is 291 g/mol. The van der Waals surface area contributed by atoms with Crippen molar-refractivity contribution in [1.82, 2.24) is 16.0 Å². The van der Waals surface area contributed by atoms with E-state index in [2.05, 4.69) is 16.0 Å². The number of carbonyl (C=O) groups is 2. The van der Waals surface area contributed by atoms with Crippen molar-refractivity contribution < 1.29 is 9.59 Å². The molecule has 112 valence electrons. The van der Waals surface area contributed by atoms with Crippen LogP contribution in [0.15, 0.2) is 0 Å². The maximum absolute atomic E-state index is 12.1. The highest BCUT2D eigenvalue weighted by Gasteiger charge is 2.38. The summed E-state index contributed by atoms with van der Waals surface area (Å²) in [5.74, 6) is 0.0638. The third-order valence-corrected chi connectivity index (χ3v) is 3.52. The first-order valence-corrected chi connectivity index (χ1v) is 6.83. The molecule has 1 aliphatic heterocycles. The van der Waals surface area contributed by atoms with Crippen LogP contribution in [0.5, 0.6) is 0 Å². The van der Waals surface area contributed by atoms with Crippen LogP contribution in [0.3, 0.4) is 0 Å². The Bertz CT molecular complexity index is 302. The molecule has 1 unspecified atom stereocenters. The van der Waals surface area contributed by atoms with E-state index in [1.54, 1.807) is 0 Å². The van der Waals surface area contributed by atoms with Gasteiger partial charge in [-0.3, -0.25) is 9.59 Å². The second kappa shape index (κ2) is 8.38. The SMILES string of the molecule is CCC1(C(=O)NCCNC(=O)C(C)C)CCCN1.Cl. The van der Waals surface area contributed by atoms with Gasteiger partial charge in [0, 0.05) is 19.0 Å². The number of halogens is 1. The van der Waals surface area contributed by atoms with Gasteiger partial charge in [0.1, 0.15) is 0 Å². The third kappa shape index (κ3) is 4.99. The van der Waals surface area contributed by atoms with E-state index in [0.717, 1.165) is 25.8 Å². The van der Waals surface area contributed by atoms with Crippen molar-refractivity contribution in [2.24, 2.45) is 5.92 Å². The van der Waals surface area contributed by atoms with Gasteiger partial charge in [-0.15, -0.1) is 12.4 Å². The van der Waals surface area contributed by atoms with Gasteiger partial charge < -0.3 is 16.0 Å². The van der Waals surface area contributed by atoms with Crippen molar-refractivity contribution in [2.45, 2.75) is 45.6 Å². The Kier molecular flexibility index (Phi) is 8.02. The highest BCUT2D eigenvalue weighted by Crippen LogP contribution is 2.22. The van der Waals surface area contributed by atoms with Gasteiger partial charge >= 0.3 is 0 Å². The summed E-state index contributed by atoms with van der Waals surface area (Å²) in [4.78, 5) is 23.4. The van der Waals surface area contributed by atoms with Crippen molar-refractivity contribution >= 4 is 24.2 Å². The lowest BCUT2D eigenvalue weighted by Crippen LogP contribution is -2.54. The van der Waals surface area contributed by atoms with Crippen molar-refractivity contribution in [3.8, 4) is 0 Å². The Morgan fingerprint density at radius 1 is 1.26 bits per heavy atom. The van der Waals surface area contributed by atoms with Gasteiger partial charge in [-0.1, -0.05) is 20.8 Å².